The highest BCUT2D eigenvalue weighted by Gasteiger charge is 2.39. The number of hydrogen-bond donors (Lipinski definition) is 1. The lowest BCUT2D eigenvalue weighted by molar-refractivity contribution is -0.138. The molecule has 0 spiro atoms. The first-order chi connectivity index (χ1) is 8.46. The van der Waals surface area contributed by atoms with E-state index in [4.69, 9.17) is 11.6 Å². The van der Waals surface area contributed by atoms with E-state index in [1.807, 2.05) is 13.8 Å². The predicted molar refractivity (Wildman–Crippen MR) is 73.8 cm³/mol. The van der Waals surface area contributed by atoms with Crippen molar-refractivity contribution >= 4 is 29.0 Å². The van der Waals surface area contributed by atoms with Gasteiger partial charge in [-0.05, 0) is 44.0 Å². The lowest BCUT2D eigenvalue weighted by atomic mass is 9.78. The summed E-state index contributed by atoms with van der Waals surface area (Å²) in [6.45, 7) is 5.17. The first-order valence-electron chi connectivity index (χ1n) is 6.04. The highest BCUT2D eigenvalue weighted by atomic mass is 35.5. The molecule has 0 heterocycles. The smallest absolute Gasteiger partial charge is 0.238 e. The second kappa shape index (κ2) is 6.01. The number of carbonyl (C=O) groups is 2. The number of ketones is 1. The first kappa shape index (κ1) is 14.7. The molecular weight excluding hydrogens is 250 g/mol. The number of amides is 1. The number of hydrogen-bond acceptors (Lipinski definition) is 2. The van der Waals surface area contributed by atoms with Crippen LogP contribution in [0.3, 0.4) is 0 Å². The average Bonchev–Trinajstić information content (AvgIpc) is 2.34. The van der Waals surface area contributed by atoms with E-state index in [-0.39, 0.29) is 11.7 Å². The molecule has 0 aromatic heterocycles. The molecule has 98 valence electrons. The molecule has 0 bridgehead atoms. The Morgan fingerprint density at radius 2 is 1.67 bits per heavy atom. The van der Waals surface area contributed by atoms with Gasteiger partial charge < -0.3 is 5.32 Å². The van der Waals surface area contributed by atoms with Gasteiger partial charge in [0.1, 0.15) is 11.2 Å². The van der Waals surface area contributed by atoms with Gasteiger partial charge in [0.15, 0.2) is 0 Å². The summed E-state index contributed by atoms with van der Waals surface area (Å²) >= 11 is 5.78. The molecule has 1 amide bonds. The fourth-order valence-corrected chi connectivity index (χ4v) is 2.14. The van der Waals surface area contributed by atoms with Gasteiger partial charge in [-0.25, -0.2) is 0 Å². The normalized spacial score (nSPS) is 11.1. The van der Waals surface area contributed by atoms with Crippen LogP contribution in [0, 0.1) is 5.41 Å². The number of Topliss-reactive ketones (excluding diaryl/α,β-unsaturated/α-hetero) is 1. The van der Waals surface area contributed by atoms with Crippen molar-refractivity contribution in [3.05, 3.63) is 29.3 Å². The minimum absolute atomic E-state index is 0.0982. The Balaban J connectivity index is 2.92. The highest BCUT2D eigenvalue weighted by molar-refractivity contribution is 6.30. The second-order valence-corrected chi connectivity index (χ2v) is 4.74. The molecule has 0 radical (unpaired) electrons. The molecule has 0 aliphatic rings. The Bertz CT molecular complexity index is 436. The summed E-state index contributed by atoms with van der Waals surface area (Å²) in [5.41, 5.74) is -0.281. The largest absolute Gasteiger partial charge is 0.325 e. The van der Waals surface area contributed by atoms with E-state index in [2.05, 4.69) is 5.32 Å². The van der Waals surface area contributed by atoms with Crippen molar-refractivity contribution in [3.8, 4) is 0 Å². The quantitative estimate of drug-likeness (QED) is 0.828. The summed E-state index contributed by atoms with van der Waals surface area (Å²) in [4.78, 5) is 24.0. The summed E-state index contributed by atoms with van der Waals surface area (Å²) < 4.78 is 0. The van der Waals surface area contributed by atoms with Gasteiger partial charge in [-0.1, -0.05) is 25.4 Å². The molecule has 1 rings (SSSR count). The highest BCUT2D eigenvalue weighted by Crippen LogP contribution is 2.29. The molecular formula is C14H18ClNO2. The molecule has 0 saturated heterocycles. The Hall–Kier alpha value is -1.35. The van der Waals surface area contributed by atoms with Crippen molar-refractivity contribution in [2.75, 3.05) is 5.32 Å². The van der Waals surface area contributed by atoms with E-state index in [0.29, 0.717) is 23.6 Å². The van der Waals surface area contributed by atoms with E-state index in [1.165, 1.54) is 6.92 Å². The van der Waals surface area contributed by atoms with E-state index < -0.39 is 5.41 Å². The molecule has 1 aromatic rings. The monoisotopic (exact) mass is 267 g/mol. The van der Waals surface area contributed by atoms with Crippen molar-refractivity contribution in [3.63, 3.8) is 0 Å². The molecule has 0 saturated carbocycles. The SMILES string of the molecule is CCC(CC)(C(C)=O)C(=O)Nc1ccc(Cl)cc1. The molecule has 4 heteroatoms. The Morgan fingerprint density at radius 1 is 1.17 bits per heavy atom. The van der Waals surface area contributed by atoms with Gasteiger partial charge in [0.2, 0.25) is 5.91 Å². The minimum atomic E-state index is -0.931. The minimum Gasteiger partial charge on any atom is -0.325 e. The molecule has 0 aliphatic heterocycles. The fourth-order valence-electron chi connectivity index (χ4n) is 2.01. The molecule has 0 atom stereocenters. The van der Waals surface area contributed by atoms with Crippen LogP contribution < -0.4 is 5.32 Å². The maximum absolute atomic E-state index is 12.3. The van der Waals surface area contributed by atoms with Crippen LogP contribution in [0.4, 0.5) is 5.69 Å². The zero-order valence-corrected chi connectivity index (χ0v) is 11.7. The van der Waals surface area contributed by atoms with Gasteiger partial charge in [0, 0.05) is 10.7 Å². The van der Waals surface area contributed by atoms with Crippen LogP contribution in [0.5, 0.6) is 0 Å². The van der Waals surface area contributed by atoms with Crippen LogP contribution in [0.1, 0.15) is 33.6 Å². The number of halogens is 1. The Labute approximate surface area is 113 Å². The molecule has 0 aliphatic carbocycles. The summed E-state index contributed by atoms with van der Waals surface area (Å²) in [5, 5.41) is 3.38. The standard InChI is InChI=1S/C14H18ClNO2/c1-4-14(5-2,10(3)17)13(18)16-12-8-6-11(15)7-9-12/h6-9H,4-5H2,1-3H3,(H,16,18). The predicted octanol–water partition coefficient (Wildman–Crippen LogP) is 3.67. The molecule has 18 heavy (non-hydrogen) atoms. The lowest BCUT2D eigenvalue weighted by Gasteiger charge is -2.27. The maximum atomic E-state index is 12.3. The van der Waals surface area contributed by atoms with Gasteiger partial charge >= 0.3 is 0 Å². The van der Waals surface area contributed by atoms with Gasteiger partial charge in [-0.15, -0.1) is 0 Å². The maximum Gasteiger partial charge on any atom is 0.238 e. The molecule has 3 nitrogen and oxygen atoms in total. The first-order valence-corrected chi connectivity index (χ1v) is 6.42. The van der Waals surface area contributed by atoms with Crippen LogP contribution >= 0.6 is 11.6 Å². The number of benzene rings is 1. The van der Waals surface area contributed by atoms with E-state index in [0.717, 1.165) is 0 Å². The Morgan fingerprint density at radius 3 is 2.06 bits per heavy atom. The lowest BCUT2D eigenvalue weighted by Crippen LogP contribution is -2.41. The third kappa shape index (κ3) is 2.91. The van der Waals surface area contributed by atoms with E-state index >= 15 is 0 Å². The third-order valence-electron chi connectivity index (χ3n) is 3.42. The topological polar surface area (TPSA) is 46.2 Å². The number of carbonyl (C=O) groups excluding carboxylic acids is 2. The molecule has 1 aromatic carbocycles. The Kier molecular flexibility index (Phi) is 4.91. The van der Waals surface area contributed by atoms with Crippen LogP contribution in [0.25, 0.3) is 0 Å². The van der Waals surface area contributed by atoms with Gasteiger partial charge in [0.25, 0.3) is 0 Å². The van der Waals surface area contributed by atoms with Crippen molar-refractivity contribution < 1.29 is 9.59 Å². The summed E-state index contributed by atoms with van der Waals surface area (Å²) in [6.07, 6.45) is 0.997. The van der Waals surface area contributed by atoms with E-state index in [9.17, 15) is 9.59 Å². The van der Waals surface area contributed by atoms with Crippen LogP contribution in [-0.4, -0.2) is 11.7 Å². The van der Waals surface area contributed by atoms with Crippen LogP contribution in [0.2, 0.25) is 5.02 Å². The molecule has 1 N–H and O–H groups in total. The average molecular weight is 268 g/mol. The molecule has 0 fully saturated rings. The summed E-state index contributed by atoms with van der Waals surface area (Å²) in [7, 11) is 0. The van der Waals surface area contributed by atoms with Gasteiger partial charge in [-0.2, -0.15) is 0 Å². The van der Waals surface area contributed by atoms with Gasteiger partial charge in [0.05, 0.1) is 0 Å². The van der Waals surface area contributed by atoms with Crippen molar-refractivity contribution in [1.82, 2.24) is 0 Å². The summed E-state index contributed by atoms with van der Waals surface area (Å²) in [6, 6.07) is 6.84. The van der Waals surface area contributed by atoms with Crippen LogP contribution in [-0.2, 0) is 9.59 Å². The van der Waals surface area contributed by atoms with Crippen LogP contribution in [0.15, 0.2) is 24.3 Å². The van der Waals surface area contributed by atoms with Gasteiger partial charge in [-0.3, -0.25) is 9.59 Å². The van der Waals surface area contributed by atoms with E-state index in [1.54, 1.807) is 24.3 Å². The third-order valence-corrected chi connectivity index (χ3v) is 3.67. The fraction of sp³-hybridized carbons (Fsp3) is 0.429. The molecule has 0 unspecified atom stereocenters. The van der Waals surface area contributed by atoms with Crippen molar-refractivity contribution in [2.24, 2.45) is 5.41 Å². The number of nitrogens with one attached hydrogen (secondary N) is 1. The zero-order chi connectivity index (χ0) is 13.8. The number of anilines is 1. The summed E-state index contributed by atoms with van der Waals surface area (Å²) in [5.74, 6) is -0.346. The zero-order valence-electron chi connectivity index (χ0n) is 10.9. The van der Waals surface area contributed by atoms with Crippen molar-refractivity contribution in [1.29, 1.82) is 0 Å². The van der Waals surface area contributed by atoms with Crippen molar-refractivity contribution in [2.45, 2.75) is 33.6 Å². The second-order valence-electron chi connectivity index (χ2n) is 4.31. The number of rotatable bonds is 5.